The van der Waals surface area contributed by atoms with Crippen LogP contribution >= 0.6 is 0 Å². The van der Waals surface area contributed by atoms with Gasteiger partial charge in [-0.25, -0.2) is 0 Å². The quantitative estimate of drug-likeness (QED) is 0.484. The molecule has 2 amide bonds. The number of rotatable bonds is 10. The lowest BCUT2D eigenvalue weighted by Crippen LogP contribution is -2.26. The van der Waals surface area contributed by atoms with Crippen molar-refractivity contribution in [3.63, 3.8) is 0 Å². The number of carbonyl (C=O) groups excluding carboxylic acids is 2. The summed E-state index contributed by atoms with van der Waals surface area (Å²) < 4.78 is 5.61. The average molecular weight is 432 g/mol. The standard InChI is InChI=1S/C26H29N3O3/c1-3-15-32-24-14-8-12-22(17-24)27-18-25(30)28-23-13-7-11-21(16-23)26(31)29(2)19-20-9-5-4-6-10-20/h4-14,16-17,27H,3,15,18-19H2,1-2H3,(H,28,30). The molecule has 0 aliphatic carbocycles. The summed E-state index contributed by atoms with van der Waals surface area (Å²) in [5, 5.41) is 5.94. The van der Waals surface area contributed by atoms with Crippen molar-refractivity contribution in [2.45, 2.75) is 19.9 Å². The maximum atomic E-state index is 12.8. The van der Waals surface area contributed by atoms with Gasteiger partial charge < -0.3 is 20.3 Å². The molecule has 0 heterocycles. The third-order valence-electron chi connectivity index (χ3n) is 4.76. The zero-order valence-corrected chi connectivity index (χ0v) is 18.5. The zero-order chi connectivity index (χ0) is 22.8. The largest absolute Gasteiger partial charge is 0.494 e. The Morgan fingerprint density at radius 2 is 1.66 bits per heavy atom. The number of hydrogen-bond donors (Lipinski definition) is 2. The first kappa shape index (κ1) is 22.9. The maximum Gasteiger partial charge on any atom is 0.253 e. The van der Waals surface area contributed by atoms with E-state index in [0.717, 1.165) is 23.4 Å². The molecule has 3 aromatic rings. The number of hydrogen-bond acceptors (Lipinski definition) is 4. The van der Waals surface area contributed by atoms with Crippen molar-refractivity contribution in [1.82, 2.24) is 4.90 Å². The van der Waals surface area contributed by atoms with Crippen LogP contribution in [0, 0.1) is 0 Å². The third kappa shape index (κ3) is 6.87. The molecule has 6 heteroatoms. The summed E-state index contributed by atoms with van der Waals surface area (Å²) in [5.74, 6) is 0.460. The Morgan fingerprint density at radius 3 is 2.44 bits per heavy atom. The van der Waals surface area contributed by atoms with Crippen molar-refractivity contribution in [3.05, 3.63) is 90.0 Å². The summed E-state index contributed by atoms with van der Waals surface area (Å²) in [6, 6.07) is 24.3. The summed E-state index contributed by atoms with van der Waals surface area (Å²) in [4.78, 5) is 26.9. The predicted octanol–water partition coefficient (Wildman–Crippen LogP) is 4.80. The number of amides is 2. The van der Waals surface area contributed by atoms with Crippen LogP contribution in [0.1, 0.15) is 29.3 Å². The lowest BCUT2D eigenvalue weighted by Gasteiger charge is -2.18. The van der Waals surface area contributed by atoms with E-state index in [9.17, 15) is 9.59 Å². The molecule has 0 aliphatic heterocycles. The first-order chi connectivity index (χ1) is 15.5. The van der Waals surface area contributed by atoms with Crippen molar-refractivity contribution < 1.29 is 14.3 Å². The summed E-state index contributed by atoms with van der Waals surface area (Å²) in [6.07, 6.45) is 0.934. The molecule has 0 fully saturated rings. The second kappa shape index (κ2) is 11.6. The molecular formula is C26H29N3O3. The number of ether oxygens (including phenoxy) is 1. The van der Waals surface area contributed by atoms with Crippen molar-refractivity contribution >= 4 is 23.2 Å². The number of benzene rings is 3. The van der Waals surface area contributed by atoms with E-state index in [4.69, 9.17) is 4.74 Å². The highest BCUT2D eigenvalue weighted by Crippen LogP contribution is 2.18. The van der Waals surface area contributed by atoms with Crippen molar-refractivity contribution in [3.8, 4) is 5.75 Å². The van der Waals surface area contributed by atoms with E-state index in [2.05, 4.69) is 17.6 Å². The molecule has 0 spiro atoms. The molecule has 0 bridgehead atoms. The van der Waals surface area contributed by atoms with E-state index < -0.39 is 0 Å². The van der Waals surface area contributed by atoms with Gasteiger partial charge in [0.05, 0.1) is 13.2 Å². The van der Waals surface area contributed by atoms with Gasteiger partial charge in [0.15, 0.2) is 0 Å². The summed E-state index contributed by atoms with van der Waals surface area (Å²) in [6.45, 7) is 3.32. The Bertz CT molecular complexity index is 1040. The average Bonchev–Trinajstić information content (AvgIpc) is 2.82. The van der Waals surface area contributed by atoms with Crippen LogP contribution < -0.4 is 15.4 Å². The van der Waals surface area contributed by atoms with Gasteiger partial charge in [0, 0.05) is 36.6 Å². The van der Waals surface area contributed by atoms with Crippen LogP contribution in [0.3, 0.4) is 0 Å². The fraction of sp³-hybridized carbons (Fsp3) is 0.231. The van der Waals surface area contributed by atoms with Crippen LogP contribution in [0.25, 0.3) is 0 Å². The lowest BCUT2D eigenvalue weighted by molar-refractivity contribution is -0.114. The zero-order valence-electron chi connectivity index (χ0n) is 18.5. The van der Waals surface area contributed by atoms with Gasteiger partial charge in [-0.05, 0) is 42.3 Å². The second-order valence-corrected chi connectivity index (χ2v) is 7.51. The Hall–Kier alpha value is -3.80. The van der Waals surface area contributed by atoms with E-state index in [1.54, 1.807) is 36.2 Å². The third-order valence-corrected chi connectivity index (χ3v) is 4.76. The van der Waals surface area contributed by atoms with Gasteiger partial charge in [-0.3, -0.25) is 9.59 Å². The highest BCUT2D eigenvalue weighted by atomic mass is 16.5. The molecule has 0 atom stereocenters. The molecule has 0 saturated carbocycles. The highest BCUT2D eigenvalue weighted by Gasteiger charge is 2.13. The normalized spacial score (nSPS) is 10.3. The molecule has 0 radical (unpaired) electrons. The Morgan fingerprint density at radius 1 is 0.906 bits per heavy atom. The van der Waals surface area contributed by atoms with Crippen LogP contribution in [0.2, 0.25) is 0 Å². The van der Waals surface area contributed by atoms with Crippen LogP contribution in [-0.2, 0) is 11.3 Å². The molecule has 3 rings (SSSR count). The minimum Gasteiger partial charge on any atom is -0.494 e. The lowest BCUT2D eigenvalue weighted by atomic mass is 10.1. The van der Waals surface area contributed by atoms with E-state index in [1.165, 1.54) is 0 Å². The molecule has 0 unspecified atom stereocenters. The van der Waals surface area contributed by atoms with E-state index >= 15 is 0 Å². The van der Waals surface area contributed by atoms with Crippen LogP contribution in [0.4, 0.5) is 11.4 Å². The monoisotopic (exact) mass is 431 g/mol. The van der Waals surface area contributed by atoms with Gasteiger partial charge >= 0.3 is 0 Å². The highest BCUT2D eigenvalue weighted by molar-refractivity contribution is 5.98. The fourth-order valence-electron chi connectivity index (χ4n) is 3.18. The SMILES string of the molecule is CCCOc1cccc(NCC(=O)Nc2cccc(C(=O)N(C)Cc3ccccc3)c2)c1. The van der Waals surface area contributed by atoms with Gasteiger partial charge in [-0.2, -0.15) is 0 Å². The molecule has 3 aromatic carbocycles. The summed E-state index contributed by atoms with van der Waals surface area (Å²) in [7, 11) is 1.77. The van der Waals surface area contributed by atoms with Gasteiger partial charge in [0.25, 0.3) is 5.91 Å². The summed E-state index contributed by atoms with van der Waals surface area (Å²) >= 11 is 0. The Kier molecular flexibility index (Phi) is 8.26. The van der Waals surface area contributed by atoms with Crippen LogP contribution in [0.15, 0.2) is 78.9 Å². The predicted molar refractivity (Wildman–Crippen MR) is 128 cm³/mol. The number of nitrogens with zero attached hydrogens (tertiary/aromatic N) is 1. The fourth-order valence-corrected chi connectivity index (χ4v) is 3.18. The molecule has 32 heavy (non-hydrogen) atoms. The Balaban J connectivity index is 1.54. The summed E-state index contributed by atoms with van der Waals surface area (Å²) in [5.41, 5.74) is 2.97. The van der Waals surface area contributed by atoms with Crippen LogP contribution in [-0.4, -0.2) is 36.9 Å². The molecular weight excluding hydrogens is 402 g/mol. The molecule has 0 aliphatic rings. The maximum absolute atomic E-state index is 12.8. The van der Waals surface area contributed by atoms with Gasteiger partial charge in [-0.15, -0.1) is 0 Å². The molecule has 0 aromatic heterocycles. The minimum absolute atomic E-state index is 0.101. The van der Waals surface area contributed by atoms with E-state index in [1.807, 2.05) is 54.6 Å². The topological polar surface area (TPSA) is 70.7 Å². The van der Waals surface area contributed by atoms with Gasteiger partial charge in [-0.1, -0.05) is 49.4 Å². The molecule has 6 nitrogen and oxygen atoms in total. The smallest absolute Gasteiger partial charge is 0.253 e. The van der Waals surface area contributed by atoms with E-state index in [-0.39, 0.29) is 18.4 Å². The first-order valence-electron chi connectivity index (χ1n) is 10.7. The van der Waals surface area contributed by atoms with Crippen molar-refractivity contribution in [2.75, 3.05) is 30.8 Å². The van der Waals surface area contributed by atoms with E-state index in [0.29, 0.717) is 24.4 Å². The van der Waals surface area contributed by atoms with Crippen molar-refractivity contribution in [2.24, 2.45) is 0 Å². The Labute approximate surface area is 189 Å². The molecule has 0 saturated heterocycles. The number of nitrogens with one attached hydrogen (secondary N) is 2. The number of anilines is 2. The molecule has 166 valence electrons. The van der Waals surface area contributed by atoms with Gasteiger partial charge in [0.1, 0.15) is 5.75 Å². The van der Waals surface area contributed by atoms with Gasteiger partial charge in [0.2, 0.25) is 5.91 Å². The first-order valence-corrected chi connectivity index (χ1v) is 10.7. The van der Waals surface area contributed by atoms with Crippen LogP contribution in [0.5, 0.6) is 5.75 Å². The number of carbonyl (C=O) groups is 2. The van der Waals surface area contributed by atoms with Crippen molar-refractivity contribution in [1.29, 1.82) is 0 Å². The second-order valence-electron chi connectivity index (χ2n) is 7.51. The molecule has 2 N–H and O–H groups in total. The minimum atomic E-state index is -0.202.